The molecule has 1 aromatic carbocycles. The summed E-state index contributed by atoms with van der Waals surface area (Å²) in [5.41, 5.74) is 1.06. The van der Waals surface area contributed by atoms with Gasteiger partial charge in [0.05, 0.1) is 0 Å². The summed E-state index contributed by atoms with van der Waals surface area (Å²) in [6, 6.07) is 6.66. The van der Waals surface area contributed by atoms with Crippen LogP contribution in [0, 0.1) is 5.82 Å². The molecule has 1 amide bonds. The lowest BCUT2D eigenvalue weighted by Gasteiger charge is -2.23. The van der Waals surface area contributed by atoms with Gasteiger partial charge in [-0.1, -0.05) is 6.08 Å². The Hall–Kier alpha value is -1.88. The summed E-state index contributed by atoms with van der Waals surface area (Å²) in [6.07, 6.45) is 3.25. The lowest BCUT2D eigenvalue weighted by Crippen LogP contribution is -2.34. The molecule has 1 N–H and O–H groups in total. The van der Waals surface area contributed by atoms with Crippen LogP contribution in [0.25, 0.3) is 0 Å². The van der Waals surface area contributed by atoms with Crippen LogP contribution in [0.2, 0.25) is 0 Å². The number of nitrogens with one attached hydrogen (secondary N) is 1. The van der Waals surface area contributed by atoms with Crippen molar-refractivity contribution >= 4 is 11.6 Å². The van der Waals surface area contributed by atoms with Gasteiger partial charge in [-0.05, 0) is 37.2 Å². The maximum atomic E-state index is 13.0. The van der Waals surface area contributed by atoms with Crippen molar-refractivity contribution in [3.05, 3.63) is 42.7 Å². The van der Waals surface area contributed by atoms with E-state index >= 15 is 0 Å². The minimum atomic E-state index is -0.203. The first-order valence-electron chi connectivity index (χ1n) is 7.79. The third-order valence-electron chi connectivity index (χ3n) is 3.88. The molecule has 5 heteroatoms. The van der Waals surface area contributed by atoms with Gasteiger partial charge in [-0.25, -0.2) is 4.39 Å². The van der Waals surface area contributed by atoms with Crippen LogP contribution in [0.1, 0.15) is 12.8 Å². The molecule has 1 fully saturated rings. The highest BCUT2D eigenvalue weighted by molar-refractivity contribution is 5.76. The molecule has 4 nitrogen and oxygen atoms in total. The zero-order chi connectivity index (χ0) is 15.8. The second-order valence-electron chi connectivity index (χ2n) is 5.50. The SMILES string of the molecule is C=CCNC(=O)CCN1CCCN(c2ccc(F)cc2)CC1. The van der Waals surface area contributed by atoms with Crippen molar-refractivity contribution < 1.29 is 9.18 Å². The van der Waals surface area contributed by atoms with E-state index < -0.39 is 0 Å². The largest absolute Gasteiger partial charge is 0.370 e. The molecule has 1 heterocycles. The van der Waals surface area contributed by atoms with Gasteiger partial charge in [-0.2, -0.15) is 0 Å². The predicted octanol–water partition coefficient (Wildman–Crippen LogP) is 2.03. The molecular formula is C17H24FN3O. The zero-order valence-corrected chi connectivity index (χ0v) is 12.9. The fourth-order valence-corrected chi connectivity index (χ4v) is 2.64. The van der Waals surface area contributed by atoms with E-state index in [1.807, 2.05) is 12.1 Å². The molecule has 1 aliphatic rings. The van der Waals surface area contributed by atoms with E-state index in [1.54, 1.807) is 6.08 Å². The zero-order valence-electron chi connectivity index (χ0n) is 12.9. The van der Waals surface area contributed by atoms with Gasteiger partial charge in [-0.15, -0.1) is 6.58 Å². The Bertz CT molecular complexity index is 489. The van der Waals surface area contributed by atoms with Gasteiger partial charge < -0.3 is 15.1 Å². The number of hydrogen-bond acceptors (Lipinski definition) is 3. The van der Waals surface area contributed by atoms with Crippen LogP contribution >= 0.6 is 0 Å². The Labute approximate surface area is 131 Å². The minimum absolute atomic E-state index is 0.0690. The monoisotopic (exact) mass is 305 g/mol. The molecule has 0 bridgehead atoms. The number of amides is 1. The van der Waals surface area contributed by atoms with Crippen LogP contribution in [-0.4, -0.2) is 50.1 Å². The number of hydrogen-bond donors (Lipinski definition) is 1. The number of halogens is 1. The van der Waals surface area contributed by atoms with Crippen molar-refractivity contribution in [2.45, 2.75) is 12.8 Å². The van der Waals surface area contributed by atoms with Gasteiger partial charge in [0.15, 0.2) is 0 Å². The number of benzene rings is 1. The van der Waals surface area contributed by atoms with Crippen LogP contribution in [-0.2, 0) is 4.79 Å². The van der Waals surface area contributed by atoms with E-state index in [4.69, 9.17) is 0 Å². The topological polar surface area (TPSA) is 35.6 Å². The van der Waals surface area contributed by atoms with Gasteiger partial charge in [0, 0.05) is 44.8 Å². The van der Waals surface area contributed by atoms with Crippen molar-refractivity contribution in [1.29, 1.82) is 0 Å². The summed E-state index contributed by atoms with van der Waals surface area (Å²) in [5, 5.41) is 2.80. The summed E-state index contributed by atoms with van der Waals surface area (Å²) >= 11 is 0. The van der Waals surface area contributed by atoms with Gasteiger partial charge in [0.1, 0.15) is 5.82 Å². The highest BCUT2D eigenvalue weighted by Crippen LogP contribution is 2.17. The lowest BCUT2D eigenvalue weighted by atomic mass is 10.2. The van der Waals surface area contributed by atoms with Crippen LogP contribution < -0.4 is 10.2 Å². The van der Waals surface area contributed by atoms with Crippen molar-refractivity contribution in [1.82, 2.24) is 10.2 Å². The van der Waals surface area contributed by atoms with Gasteiger partial charge in [-0.3, -0.25) is 4.79 Å². The van der Waals surface area contributed by atoms with Crippen molar-refractivity contribution in [2.24, 2.45) is 0 Å². The third kappa shape index (κ3) is 5.15. The van der Waals surface area contributed by atoms with Crippen molar-refractivity contribution in [3.63, 3.8) is 0 Å². The first kappa shape index (κ1) is 16.5. The predicted molar refractivity (Wildman–Crippen MR) is 87.5 cm³/mol. The molecular weight excluding hydrogens is 281 g/mol. The first-order valence-corrected chi connectivity index (χ1v) is 7.79. The summed E-state index contributed by atoms with van der Waals surface area (Å²) in [4.78, 5) is 16.2. The van der Waals surface area contributed by atoms with Crippen molar-refractivity contribution in [3.8, 4) is 0 Å². The maximum absolute atomic E-state index is 13.0. The molecule has 0 aliphatic carbocycles. The van der Waals surface area contributed by atoms with E-state index in [0.717, 1.165) is 44.8 Å². The van der Waals surface area contributed by atoms with Gasteiger partial charge in [0.25, 0.3) is 0 Å². The molecule has 0 radical (unpaired) electrons. The first-order chi connectivity index (χ1) is 10.7. The highest BCUT2D eigenvalue weighted by atomic mass is 19.1. The Morgan fingerprint density at radius 2 is 2.00 bits per heavy atom. The van der Waals surface area contributed by atoms with E-state index in [0.29, 0.717) is 13.0 Å². The van der Waals surface area contributed by atoms with E-state index in [-0.39, 0.29) is 11.7 Å². The molecule has 0 atom stereocenters. The molecule has 0 spiro atoms. The molecule has 120 valence electrons. The smallest absolute Gasteiger partial charge is 0.221 e. The molecule has 0 unspecified atom stereocenters. The van der Waals surface area contributed by atoms with Crippen LogP contribution in [0.3, 0.4) is 0 Å². The molecule has 0 saturated carbocycles. The van der Waals surface area contributed by atoms with E-state index in [2.05, 4.69) is 21.7 Å². The maximum Gasteiger partial charge on any atom is 0.221 e. The quantitative estimate of drug-likeness (QED) is 0.817. The Kier molecular flexibility index (Phi) is 6.40. The molecule has 0 aromatic heterocycles. The Balaban J connectivity index is 1.78. The van der Waals surface area contributed by atoms with E-state index in [1.165, 1.54) is 12.1 Å². The number of carbonyl (C=O) groups excluding carboxylic acids is 1. The Morgan fingerprint density at radius 3 is 2.73 bits per heavy atom. The minimum Gasteiger partial charge on any atom is -0.370 e. The summed E-state index contributed by atoms with van der Waals surface area (Å²) in [5.74, 6) is -0.134. The lowest BCUT2D eigenvalue weighted by molar-refractivity contribution is -0.121. The fourth-order valence-electron chi connectivity index (χ4n) is 2.64. The van der Waals surface area contributed by atoms with Gasteiger partial charge >= 0.3 is 0 Å². The number of carbonyl (C=O) groups is 1. The number of nitrogens with zero attached hydrogens (tertiary/aromatic N) is 2. The highest BCUT2D eigenvalue weighted by Gasteiger charge is 2.15. The summed E-state index contributed by atoms with van der Waals surface area (Å²) in [7, 11) is 0. The summed E-state index contributed by atoms with van der Waals surface area (Å²) in [6.45, 7) is 8.67. The number of anilines is 1. The molecule has 22 heavy (non-hydrogen) atoms. The molecule has 1 aromatic rings. The second kappa shape index (κ2) is 8.54. The standard InChI is InChI=1S/C17H24FN3O/c1-2-9-19-17(22)8-12-20-10-3-11-21(14-13-20)16-6-4-15(18)5-7-16/h2,4-7H,1,3,8-14H2,(H,19,22). The number of rotatable bonds is 6. The molecule has 1 saturated heterocycles. The second-order valence-corrected chi connectivity index (χ2v) is 5.50. The molecule has 2 rings (SSSR count). The van der Waals surface area contributed by atoms with Crippen molar-refractivity contribution in [2.75, 3.05) is 44.2 Å². The average molecular weight is 305 g/mol. The fraction of sp³-hybridized carbons (Fsp3) is 0.471. The van der Waals surface area contributed by atoms with Gasteiger partial charge in [0.2, 0.25) is 5.91 Å². The molecule has 1 aliphatic heterocycles. The third-order valence-corrected chi connectivity index (χ3v) is 3.88. The van der Waals surface area contributed by atoms with E-state index in [9.17, 15) is 9.18 Å². The summed E-state index contributed by atoms with van der Waals surface area (Å²) < 4.78 is 13.0. The van der Waals surface area contributed by atoms with Crippen LogP contribution in [0.15, 0.2) is 36.9 Å². The average Bonchev–Trinajstić information content (AvgIpc) is 2.77. The van der Waals surface area contributed by atoms with Crippen LogP contribution in [0.5, 0.6) is 0 Å². The Morgan fingerprint density at radius 1 is 1.23 bits per heavy atom. The van der Waals surface area contributed by atoms with Crippen LogP contribution in [0.4, 0.5) is 10.1 Å². The normalized spacial score (nSPS) is 16.1.